The van der Waals surface area contributed by atoms with E-state index < -0.39 is 55.9 Å². The molecule has 4 fully saturated rings. The lowest BCUT2D eigenvalue weighted by molar-refractivity contribution is -0.142. The maximum Gasteiger partial charge on any atom is 0.508 e. The predicted octanol–water partition coefficient (Wildman–Crippen LogP) is 7.99. The molecular weight excluding hydrogens is 1180 g/mol. The van der Waals surface area contributed by atoms with E-state index in [-0.39, 0.29) is 55.2 Å². The van der Waals surface area contributed by atoms with Gasteiger partial charge in [-0.05, 0) is 112 Å². The fourth-order valence-corrected chi connectivity index (χ4v) is 17.2. The Balaban J connectivity index is 0.701. The van der Waals surface area contributed by atoms with Crippen LogP contribution in [0.3, 0.4) is 0 Å². The van der Waals surface area contributed by atoms with Gasteiger partial charge in [-0.3, -0.25) is 19.4 Å². The van der Waals surface area contributed by atoms with E-state index in [4.69, 9.17) is 29.7 Å². The maximum atomic E-state index is 15.0. The smallest absolute Gasteiger partial charge is 0.507 e. The molecule has 4 unspecified atom stereocenters. The lowest BCUT2D eigenvalue weighted by Crippen LogP contribution is -2.54. The lowest BCUT2D eigenvalue weighted by atomic mass is 9.86. The summed E-state index contributed by atoms with van der Waals surface area (Å²) in [6.07, 6.45) is 4.13. The molecule has 5 aliphatic rings. The Labute approximate surface area is 523 Å². The Kier molecular flexibility index (Phi) is 19.9. The highest BCUT2D eigenvalue weighted by Crippen LogP contribution is 2.41. The van der Waals surface area contributed by atoms with Gasteiger partial charge in [0.05, 0.1) is 57.3 Å². The molecule has 2 bridgehead atoms. The van der Waals surface area contributed by atoms with Gasteiger partial charge in [0.1, 0.15) is 37.2 Å². The zero-order valence-corrected chi connectivity index (χ0v) is 54.0. The summed E-state index contributed by atoms with van der Waals surface area (Å²) in [5.41, 5.74) is 14.9. The van der Waals surface area contributed by atoms with Crippen LogP contribution in [0.15, 0.2) is 95.1 Å². The molecule has 3 aromatic heterocycles. The fraction of sp³-hybridized carbons (Fsp3) is 0.524. The van der Waals surface area contributed by atoms with E-state index >= 15 is 0 Å². The summed E-state index contributed by atoms with van der Waals surface area (Å²) in [7, 11) is -2.78. The molecule has 10 rings (SSSR count). The van der Waals surface area contributed by atoms with Crippen LogP contribution in [0.4, 0.5) is 22.0 Å². The van der Waals surface area contributed by atoms with Gasteiger partial charge in [0.15, 0.2) is 14.7 Å². The number of para-hydroxylation sites is 1. The van der Waals surface area contributed by atoms with E-state index in [0.717, 1.165) is 97.0 Å². The highest BCUT2D eigenvalue weighted by Gasteiger charge is 2.46. The number of nitrogens with zero attached hydrogens (tertiary/aromatic N) is 10. The van der Waals surface area contributed by atoms with Gasteiger partial charge in [0, 0.05) is 106 Å². The first-order valence-electron chi connectivity index (χ1n) is 30.3. The molecule has 472 valence electrons. The van der Waals surface area contributed by atoms with Gasteiger partial charge in [0.25, 0.3) is 0 Å². The largest absolute Gasteiger partial charge is 0.508 e. The third-order valence-electron chi connectivity index (χ3n) is 17.5. The number of thiazole rings is 1. The zero-order chi connectivity index (χ0) is 62.6. The van der Waals surface area contributed by atoms with E-state index in [1.54, 1.807) is 44.2 Å². The zero-order valence-electron chi connectivity index (χ0n) is 51.6. The minimum Gasteiger partial charge on any atom is -0.507 e. The number of ether oxygens (including phenoxy) is 4. The van der Waals surface area contributed by atoms with Crippen LogP contribution in [0.5, 0.6) is 11.6 Å². The van der Waals surface area contributed by atoms with Crippen LogP contribution in [0.2, 0.25) is 0 Å². The van der Waals surface area contributed by atoms with Crippen molar-refractivity contribution in [1.82, 2.24) is 40.2 Å². The van der Waals surface area contributed by atoms with E-state index in [1.165, 1.54) is 4.90 Å². The fourth-order valence-electron chi connectivity index (χ4n) is 12.7. The Morgan fingerprint density at radius 1 is 0.920 bits per heavy atom. The number of aromatic hydroxyl groups is 1. The Morgan fingerprint density at radius 3 is 2.35 bits per heavy atom. The topological polar surface area (TPSA) is 261 Å². The van der Waals surface area contributed by atoms with Crippen LogP contribution in [0, 0.1) is 18.8 Å². The van der Waals surface area contributed by atoms with Gasteiger partial charge >= 0.3 is 6.16 Å². The number of piperazine rings is 2. The minimum absolute atomic E-state index is 0.0252. The number of phenolic OH excluding ortho intramolecular Hbond substituents is 1. The van der Waals surface area contributed by atoms with Crippen LogP contribution < -0.4 is 25.6 Å². The number of nitrogens with two attached hydrogens (primary N) is 1. The average molecular weight is 1260 g/mol. The van der Waals surface area contributed by atoms with E-state index in [2.05, 4.69) is 64.1 Å². The van der Waals surface area contributed by atoms with Crippen molar-refractivity contribution in [3.63, 3.8) is 0 Å². The molecule has 5 aromatic rings. The summed E-state index contributed by atoms with van der Waals surface area (Å²) in [5.74, 6) is 0.0473. The minimum atomic E-state index is -3.47. The van der Waals surface area contributed by atoms with Crippen molar-refractivity contribution >= 4 is 72.1 Å². The van der Waals surface area contributed by atoms with Crippen molar-refractivity contribution in [2.24, 2.45) is 16.8 Å². The number of aromatic nitrogens is 4. The summed E-state index contributed by atoms with van der Waals surface area (Å²) in [6.45, 7) is 21.6. The number of aliphatic imine (C=N–C) groups is 1. The number of hydrogen-bond acceptors (Lipinski definition) is 22. The van der Waals surface area contributed by atoms with E-state index in [1.807, 2.05) is 87.9 Å². The molecular formula is C63H82N12O10S3. The number of aryl methyl sites for hydroxylation is 1. The SMILES string of the molecule is Cc1ncsc1-c1ccc([C@H](C)NC(=O)[C@@H]2C[C@@H](OC(=O)OC(C)C(C)(C)SS(C)(=O)=O)CN2C(=O)C(C2=CC(OCCN3CCN(CCOc4cc(N5C6CCC5CN(c5cc(-c7ccccc7O)nnc5N)C6)ccn4)[C@H](C)C3)=NC2)C(C)C)cc1. The number of nitrogens with one attached hydrogen (secondary N) is 1. The summed E-state index contributed by atoms with van der Waals surface area (Å²) in [5, 5.41) is 22.2. The first-order chi connectivity index (χ1) is 42.0. The number of fused-ring (bicyclic) bond motifs is 2. The second-order valence-electron chi connectivity index (χ2n) is 24.5. The number of hydrogen-bond donors (Lipinski definition) is 3. The third kappa shape index (κ3) is 15.1. The number of likely N-dealkylation sites (tertiary alicyclic amines) is 1. The number of phenols is 1. The number of carbonyl (C=O) groups is 3. The average Bonchev–Trinajstić information content (AvgIpc) is 1.96. The molecule has 5 aliphatic heterocycles. The normalized spacial score (nSPS) is 21.8. The van der Waals surface area contributed by atoms with Gasteiger partial charge in [-0.2, -0.15) is 0 Å². The highest BCUT2D eigenvalue weighted by molar-refractivity contribution is 8.72. The van der Waals surface area contributed by atoms with Gasteiger partial charge in [-0.25, -0.2) is 28.2 Å². The quantitative estimate of drug-likeness (QED) is 0.0438. The van der Waals surface area contributed by atoms with Crippen LogP contribution in [-0.4, -0.2) is 192 Å². The van der Waals surface area contributed by atoms with Crippen LogP contribution in [-0.2, 0) is 32.7 Å². The first kappa shape index (κ1) is 63.9. The summed E-state index contributed by atoms with van der Waals surface area (Å²) in [4.78, 5) is 68.6. The molecule has 2 amide bonds. The number of benzene rings is 2. The second kappa shape index (κ2) is 27.4. The molecule has 0 aliphatic carbocycles. The molecule has 88 heavy (non-hydrogen) atoms. The standard InChI is InChI=1S/C63H82N12O10S3/c1-38(2)57(61(78)74-36-49(85-62(79)84-42(6)63(7,8)87-88(9,80)81)30-53(74)60(77)68-40(4)43-14-16-44(17-15-43)58-41(5)67-37-86-58)45-28-55(66-32-45)82-26-24-71-22-23-72(39(3)33-71)25-27-83-56-29-46(20-21-65-56)75-47-18-19-48(75)35-73(34-47)52-31-51(69-70-59(52)64)50-12-10-11-13-54(50)76/h10-17,20-21,28-29,31,37-40,42,47-49,53,57,76H,18-19,22-27,30,32-36H2,1-9H3,(H2,64,70)(H,68,77)/t39-,40+,42?,47?,48?,49-,53+,57?/m1/s1. The maximum absolute atomic E-state index is 15.0. The predicted molar refractivity (Wildman–Crippen MR) is 343 cm³/mol. The molecule has 0 radical (unpaired) electrons. The molecule has 0 saturated carbocycles. The van der Waals surface area contributed by atoms with E-state index in [9.17, 15) is 27.9 Å². The number of pyridine rings is 1. The molecule has 2 aromatic carbocycles. The first-order valence-corrected chi connectivity index (χ1v) is 34.4. The van der Waals surface area contributed by atoms with Gasteiger partial charge < -0.3 is 49.8 Å². The number of amides is 2. The van der Waals surface area contributed by atoms with Crippen molar-refractivity contribution in [1.29, 1.82) is 0 Å². The molecule has 4 N–H and O–H groups in total. The Hall–Kier alpha value is -7.06. The van der Waals surface area contributed by atoms with Crippen molar-refractivity contribution in [3.05, 3.63) is 101 Å². The van der Waals surface area contributed by atoms with Gasteiger partial charge in [0.2, 0.25) is 23.6 Å². The lowest BCUT2D eigenvalue weighted by Gasteiger charge is -2.43. The van der Waals surface area contributed by atoms with Crippen molar-refractivity contribution < 1.29 is 46.9 Å². The Morgan fingerprint density at radius 2 is 1.66 bits per heavy atom. The van der Waals surface area contributed by atoms with Gasteiger partial charge in [-0.15, -0.1) is 21.5 Å². The molecule has 8 heterocycles. The number of rotatable bonds is 22. The number of nitrogen functional groups attached to an aromatic ring is 1. The number of carbonyl (C=O) groups excluding carboxylic acids is 3. The van der Waals surface area contributed by atoms with Gasteiger partial charge in [-0.1, -0.05) is 50.2 Å². The molecule has 22 nitrogen and oxygen atoms in total. The van der Waals surface area contributed by atoms with Crippen molar-refractivity contribution in [3.8, 4) is 33.3 Å². The molecule has 25 heteroatoms. The number of anilines is 3. The van der Waals surface area contributed by atoms with Crippen LogP contribution in [0.25, 0.3) is 21.7 Å². The highest BCUT2D eigenvalue weighted by atomic mass is 33.1. The van der Waals surface area contributed by atoms with Crippen LogP contribution in [0.1, 0.15) is 85.0 Å². The summed E-state index contributed by atoms with van der Waals surface area (Å²) >= 11 is 1.56. The molecule has 0 spiro atoms. The summed E-state index contributed by atoms with van der Waals surface area (Å²) < 4.78 is 47.3. The monoisotopic (exact) mass is 1260 g/mol. The second-order valence-corrected chi connectivity index (χ2v) is 30.3. The third-order valence-corrected chi connectivity index (χ3v) is 21.8. The van der Waals surface area contributed by atoms with E-state index in [0.29, 0.717) is 59.4 Å². The molecule has 4 saturated heterocycles. The van der Waals surface area contributed by atoms with Crippen molar-refractivity contribution in [2.75, 3.05) is 93.9 Å². The van der Waals surface area contributed by atoms with Crippen molar-refractivity contribution in [2.45, 2.75) is 122 Å². The summed E-state index contributed by atoms with van der Waals surface area (Å²) in [6, 6.07) is 20.5. The van der Waals surface area contributed by atoms with Crippen LogP contribution >= 0.6 is 22.1 Å². The Bertz CT molecular complexity index is 3480. The molecule has 8 atom stereocenters.